The number of carbonyl (C=O) groups is 2. The van der Waals surface area contributed by atoms with E-state index >= 15 is 0 Å². The number of hydrogen-bond donors (Lipinski definition) is 3. The zero-order valence-electron chi connectivity index (χ0n) is 8.88. The lowest BCUT2D eigenvalue weighted by molar-refractivity contribution is -0.135. The highest BCUT2D eigenvalue weighted by atomic mass is 35.5. The van der Waals surface area contributed by atoms with E-state index in [1.807, 2.05) is 5.32 Å². The van der Waals surface area contributed by atoms with Gasteiger partial charge in [0.2, 0.25) is 0 Å². The highest BCUT2D eigenvalue weighted by molar-refractivity contribution is 7.90. The van der Waals surface area contributed by atoms with E-state index in [9.17, 15) is 18.0 Å². The molecule has 1 aromatic carbocycles. The zero-order valence-corrected chi connectivity index (χ0v) is 10.5. The summed E-state index contributed by atoms with van der Waals surface area (Å²) in [6.07, 6.45) is 0. The van der Waals surface area contributed by atoms with Gasteiger partial charge in [-0.3, -0.25) is 4.79 Å². The molecule has 0 aliphatic heterocycles. The summed E-state index contributed by atoms with van der Waals surface area (Å²) in [5.74, 6) is -1.29. The second-order valence-electron chi connectivity index (χ2n) is 3.11. The number of amides is 2. The Bertz CT molecular complexity index is 572. The normalized spacial score (nSPS) is 10.7. The van der Waals surface area contributed by atoms with Crippen molar-refractivity contribution in [2.75, 3.05) is 6.54 Å². The number of nitrogens with one attached hydrogen (secondary N) is 2. The lowest BCUT2D eigenvalue weighted by Crippen LogP contribution is -2.41. The molecule has 0 fully saturated rings. The molecule has 0 aromatic heterocycles. The molecule has 3 N–H and O–H groups in total. The summed E-state index contributed by atoms with van der Waals surface area (Å²) in [4.78, 5) is 21.1. The summed E-state index contributed by atoms with van der Waals surface area (Å²) in [5.41, 5.74) is 0. The van der Waals surface area contributed by atoms with Crippen LogP contribution in [0.25, 0.3) is 0 Å². The van der Waals surface area contributed by atoms with Gasteiger partial charge in [-0.2, -0.15) is 0 Å². The lowest BCUT2D eigenvalue weighted by atomic mass is 10.4. The first-order chi connectivity index (χ1) is 8.33. The molecule has 0 spiro atoms. The Balaban J connectivity index is 2.80. The molecule has 0 bridgehead atoms. The van der Waals surface area contributed by atoms with Crippen molar-refractivity contribution in [3.05, 3.63) is 29.3 Å². The first-order valence-corrected chi connectivity index (χ1v) is 6.46. The highest BCUT2D eigenvalue weighted by Gasteiger charge is 2.20. The first-order valence-electron chi connectivity index (χ1n) is 4.60. The Morgan fingerprint density at radius 1 is 1.28 bits per heavy atom. The molecule has 0 aliphatic rings. The molecule has 0 radical (unpaired) electrons. The van der Waals surface area contributed by atoms with Crippen LogP contribution in [-0.2, 0) is 14.8 Å². The van der Waals surface area contributed by atoms with Gasteiger partial charge in [0.15, 0.2) is 0 Å². The van der Waals surface area contributed by atoms with Crippen LogP contribution in [0.3, 0.4) is 0 Å². The van der Waals surface area contributed by atoms with Crippen LogP contribution in [0, 0.1) is 0 Å². The molecule has 0 heterocycles. The Morgan fingerprint density at radius 2 is 1.89 bits per heavy atom. The zero-order chi connectivity index (χ0) is 13.8. The van der Waals surface area contributed by atoms with Crippen LogP contribution in [0.4, 0.5) is 4.79 Å². The van der Waals surface area contributed by atoms with Gasteiger partial charge in [-0.1, -0.05) is 23.7 Å². The van der Waals surface area contributed by atoms with E-state index in [1.54, 1.807) is 4.72 Å². The third-order valence-electron chi connectivity index (χ3n) is 1.75. The summed E-state index contributed by atoms with van der Waals surface area (Å²) in [6, 6.07) is 4.40. The van der Waals surface area contributed by atoms with Crippen LogP contribution in [0.2, 0.25) is 5.02 Å². The number of carbonyl (C=O) groups excluding carboxylic acids is 1. The van der Waals surface area contributed by atoms with Gasteiger partial charge >= 0.3 is 12.0 Å². The summed E-state index contributed by atoms with van der Waals surface area (Å²) in [5, 5.41) is 10.1. The molecule has 2 amide bonds. The molecule has 0 saturated carbocycles. The minimum Gasteiger partial charge on any atom is -0.480 e. The van der Waals surface area contributed by atoms with Gasteiger partial charge in [-0.25, -0.2) is 17.9 Å². The van der Waals surface area contributed by atoms with E-state index < -0.39 is 28.6 Å². The molecule has 0 atom stereocenters. The van der Waals surface area contributed by atoms with Gasteiger partial charge in [0, 0.05) is 0 Å². The van der Waals surface area contributed by atoms with Crippen LogP contribution < -0.4 is 10.0 Å². The van der Waals surface area contributed by atoms with Crippen LogP contribution in [0.1, 0.15) is 0 Å². The standard InChI is InChI=1S/C9H9ClN2O5S/c10-6-3-1-2-4-7(6)18(16,17)12-9(15)11-5-8(13)14/h1-4H,5H2,(H,13,14)(H2,11,12,15). The second-order valence-corrected chi connectivity index (χ2v) is 5.17. The van der Waals surface area contributed by atoms with Crippen LogP contribution in [0.15, 0.2) is 29.2 Å². The molecular weight excluding hydrogens is 284 g/mol. The Morgan fingerprint density at radius 3 is 2.44 bits per heavy atom. The second kappa shape index (κ2) is 5.69. The molecular formula is C9H9ClN2O5S. The minimum absolute atomic E-state index is 0.0453. The number of benzene rings is 1. The van der Waals surface area contributed by atoms with Crippen LogP contribution >= 0.6 is 11.6 Å². The largest absolute Gasteiger partial charge is 0.480 e. The number of halogens is 1. The third-order valence-corrected chi connectivity index (χ3v) is 3.58. The maximum Gasteiger partial charge on any atom is 0.329 e. The van der Waals surface area contributed by atoms with E-state index in [2.05, 4.69) is 0 Å². The van der Waals surface area contributed by atoms with Crippen molar-refractivity contribution in [3.8, 4) is 0 Å². The first kappa shape index (κ1) is 14.3. The fraction of sp³-hybridized carbons (Fsp3) is 0.111. The van der Waals surface area contributed by atoms with Crippen molar-refractivity contribution in [2.45, 2.75) is 4.90 Å². The van der Waals surface area contributed by atoms with Gasteiger partial charge < -0.3 is 10.4 Å². The van der Waals surface area contributed by atoms with Gasteiger partial charge in [0.05, 0.1) is 5.02 Å². The molecule has 18 heavy (non-hydrogen) atoms. The maximum absolute atomic E-state index is 11.7. The van der Waals surface area contributed by atoms with Crippen molar-refractivity contribution in [3.63, 3.8) is 0 Å². The van der Waals surface area contributed by atoms with Gasteiger partial charge in [0.25, 0.3) is 10.0 Å². The fourth-order valence-electron chi connectivity index (χ4n) is 1.03. The van der Waals surface area contributed by atoms with E-state index in [4.69, 9.17) is 16.7 Å². The summed E-state index contributed by atoms with van der Waals surface area (Å²) < 4.78 is 25.1. The number of carboxylic acids is 1. The number of carboxylic acid groups (broad SMARTS) is 1. The van der Waals surface area contributed by atoms with E-state index in [1.165, 1.54) is 24.3 Å². The van der Waals surface area contributed by atoms with E-state index in [0.717, 1.165) is 0 Å². The molecule has 1 aromatic rings. The van der Waals surface area contributed by atoms with Crippen molar-refractivity contribution in [2.24, 2.45) is 0 Å². The summed E-state index contributed by atoms with van der Waals surface area (Å²) >= 11 is 5.67. The van der Waals surface area contributed by atoms with Crippen LogP contribution in [-0.4, -0.2) is 32.1 Å². The predicted molar refractivity (Wildman–Crippen MR) is 62.8 cm³/mol. The molecule has 0 unspecified atom stereocenters. The minimum atomic E-state index is -4.12. The number of hydrogen-bond acceptors (Lipinski definition) is 4. The predicted octanol–water partition coefficient (Wildman–Crippen LogP) is 0.412. The lowest BCUT2D eigenvalue weighted by Gasteiger charge is -2.08. The average Bonchev–Trinajstić information content (AvgIpc) is 2.26. The Labute approximate surface area is 108 Å². The maximum atomic E-state index is 11.7. The van der Waals surface area contributed by atoms with Gasteiger partial charge in [-0.05, 0) is 12.1 Å². The third kappa shape index (κ3) is 3.90. The smallest absolute Gasteiger partial charge is 0.329 e. The van der Waals surface area contributed by atoms with Gasteiger partial charge in [0.1, 0.15) is 11.4 Å². The summed E-state index contributed by atoms with van der Waals surface area (Å²) in [6.45, 7) is -0.691. The van der Waals surface area contributed by atoms with E-state index in [0.29, 0.717) is 0 Å². The molecule has 1 rings (SSSR count). The fourth-order valence-corrected chi connectivity index (χ4v) is 2.48. The Kier molecular flexibility index (Phi) is 4.51. The Hall–Kier alpha value is -1.80. The molecule has 98 valence electrons. The van der Waals surface area contributed by atoms with Crippen LogP contribution in [0.5, 0.6) is 0 Å². The SMILES string of the molecule is O=C(O)CNC(=O)NS(=O)(=O)c1ccccc1Cl. The van der Waals surface area contributed by atoms with E-state index in [-0.39, 0.29) is 9.92 Å². The number of sulfonamides is 1. The molecule has 9 heteroatoms. The molecule has 7 nitrogen and oxygen atoms in total. The monoisotopic (exact) mass is 292 g/mol. The van der Waals surface area contributed by atoms with Crippen molar-refractivity contribution >= 4 is 33.6 Å². The number of urea groups is 1. The topological polar surface area (TPSA) is 113 Å². The van der Waals surface area contributed by atoms with Crippen molar-refractivity contribution < 1.29 is 23.1 Å². The average molecular weight is 293 g/mol. The summed E-state index contributed by atoms with van der Waals surface area (Å²) in [7, 11) is -4.12. The van der Waals surface area contributed by atoms with Crippen molar-refractivity contribution in [1.82, 2.24) is 10.0 Å². The molecule has 0 aliphatic carbocycles. The molecule has 0 saturated heterocycles. The number of aliphatic carboxylic acids is 1. The number of rotatable bonds is 4. The van der Waals surface area contributed by atoms with Crippen molar-refractivity contribution in [1.29, 1.82) is 0 Å². The highest BCUT2D eigenvalue weighted by Crippen LogP contribution is 2.19. The quantitative estimate of drug-likeness (QED) is 0.744. The van der Waals surface area contributed by atoms with Gasteiger partial charge in [-0.15, -0.1) is 0 Å².